The van der Waals surface area contributed by atoms with Gasteiger partial charge in [-0.15, -0.1) is 0 Å². The number of ether oxygens (including phenoxy) is 1. The molecule has 0 bridgehead atoms. The Morgan fingerprint density at radius 1 is 1.29 bits per heavy atom. The summed E-state index contributed by atoms with van der Waals surface area (Å²) < 4.78 is 33.0. The number of rotatable bonds is 5. The van der Waals surface area contributed by atoms with Crippen LogP contribution >= 0.6 is 0 Å². The van der Waals surface area contributed by atoms with Crippen molar-refractivity contribution in [1.29, 1.82) is 0 Å². The number of nitrogens with zero attached hydrogens (tertiary/aromatic N) is 2. The van der Waals surface area contributed by atoms with Crippen LogP contribution in [0.1, 0.15) is 32.3 Å². The van der Waals surface area contributed by atoms with Crippen molar-refractivity contribution in [3.63, 3.8) is 0 Å². The van der Waals surface area contributed by atoms with Crippen LogP contribution in [0.3, 0.4) is 0 Å². The maximum Gasteiger partial charge on any atom is 0.217 e. The van der Waals surface area contributed by atoms with Crippen molar-refractivity contribution in [2.45, 2.75) is 39.5 Å². The monoisotopic (exact) mass is 334 g/mol. The molecule has 0 N–H and O–H groups in total. The summed E-state index contributed by atoms with van der Waals surface area (Å²) in [7, 11) is 0. The van der Waals surface area contributed by atoms with Crippen LogP contribution in [0.25, 0.3) is 10.9 Å². The third-order valence-corrected chi connectivity index (χ3v) is 4.45. The standard InChI is InChI=1S/C19H24F2N2O/c1-13(2)12-23-8-6-15(7-9-23)24-17-10-18(21)22-19-14(11-20)4-3-5-16(17)19/h3-5,10,13,15H,6-9,11-12H2,1-2H3. The molecule has 3 rings (SSSR count). The zero-order chi connectivity index (χ0) is 17.1. The Balaban J connectivity index is 1.76. The van der Waals surface area contributed by atoms with Gasteiger partial charge in [0.15, 0.2) is 0 Å². The van der Waals surface area contributed by atoms with E-state index in [1.807, 2.05) is 6.07 Å². The quantitative estimate of drug-likeness (QED) is 0.761. The highest BCUT2D eigenvalue weighted by molar-refractivity contribution is 5.87. The van der Waals surface area contributed by atoms with Gasteiger partial charge in [0.05, 0.1) is 5.52 Å². The van der Waals surface area contributed by atoms with E-state index in [4.69, 9.17) is 4.74 Å². The molecule has 1 fully saturated rings. The Morgan fingerprint density at radius 2 is 2.04 bits per heavy atom. The van der Waals surface area contributed by atoms with E-state index in [-0.39, 0.29) is 6.10 Å². The highest BCUT2D eigenvalue weighted by Crippen LogP contribution is 2.30. The van der Waals surface area contributed by atoms with Gasteiger partial charge in [0.2, 0.25) is 5.95 Å². The van der Waals surface area contributed by atoms with Crippen LogP contribution in [-0.4, -0.2) is 35.6 Å². The molecule has 0 aliphatic carbocycles. The van der Waals surface area contributed by atoms with E-state index >= 15 is 0 Å². The summed E-state index contributed by atoms with van der Waals surface area (Å²) in [5.41, 5.74) is 0.746. The Bertz CT molecular complexity index is 697. The summed E-state index contributed by atoms with van der Waals surface area (Å²) in [6.45, 7) is 6.85. The second-order valence-corrected chi connectivity index (χ2v) is 6.90. The van der Waals surface area contributed by atoms with E-state index in [2.05, 4.69) is 23.7 Å². The van der Waals surface area contributed by atoms with E-state index in [1.165, 1.54) is 6.07 Å². The normalized spacial score (nSPS) is 16.9. The molecule has 0 atom stereocenters. The molecule has 24 heavy (non-hydrogen) atoms. The molecule has 130 valence electrons. The largest absolute Gasteiger partial charge is 0.489 e. The van der Waals surface area contributed by atoms with Crippen LogP contribution < -0.4 is 4.74 Å². The molecule has 0 unspecified atom stereocenters. The number of benzene rings is 1. The van der Waals surface area contributed by atoms with E-state index in [0.717, 1.165) is 32.5 Å². The molecule has 1 saturated heterocycles. The van der Waals surface area contributed by atoms with Gasteiger partial charge < -0.3 is 9.64 Å². The molecule has 0 radical (unpaired) electrons. The first-order valence-electron chi connectivity index (χ1n) is 8.60. The number of aromatic nitrogens is 1. The first-order chi connectivity index (χ1) is 11.6. The number of hydrogen-bond donors (Lipinski definition) is 0. The van der Waals surface area contributed by atoms with Gasteiger partial charge in [-0.2, -0.15) is 4.39 Å². The molecule has 1 aliphatic heterocycles. The van der Waals surface area contributed by atoms with Crippen molar-refractivity contribution >= 4 is 10.9 Å². The minimum Gasteiger partial charge on any atom is -0.489 e. The fraction of sp³-hybridized carbons (Fsp3) is 0.526. The SMILES string of the molecule is CC(C)CN1CCC(Oc2cc(F)nc3c(CF)cccc23)CC1. The lowest BCUT2D eigenvalue weighted by molar-refractivity contribution is 0.0949. The smallest absolute Gasteiger partial charge is 0.217 e. The number of alkyl halides is 1. The highest BCUT2D eigenvalue weighted by atomic mass is 19.1. The summed E-state index contributed by atoms with van der Waals surface area (Å²) in [4.78, 5) is 6.29. The van der Waals surface area contributed by atoms with Crippen molar-refractivity contribution in [3.05, 3.63) is 35.8 Å². The number of likely N-dealkylation sites (tertiary alicyclic amines) is 1. The van der Waals surface area contributed by atoms with Gasteiger partial charge in [0, 0.05) is 36.7 Å². The lowest BCUT2D eigenvalue weighted by Gasteiger charge is -2.33. The molecule has 0 saturated carbocycles. The molecule has 1 aromatic heterocycles. The summed E-state index contributed by atoms with van der Waals surface area (Å²) in [5.74, 6) is 0.491. The highest BCUT2D eigenvalue weighted by Gasteiger charge is 2.22. The minimum absolute atomic E-state index is 0.0624. The Hall–Kier alpha value is -1.75. The number of fused-ring (bicyclic) bond motifs is 1. The predicted molar refractivity (Wildman–Crippen MR) is 91.4 cm³/mol. The molecular formula is C19H24F2N2O. The molecule has 3 nitrogen and oxygen atoms in total. The summed E-state index contributed by atoms with van der Waals surface area (Å²) >= 11 is 0. The molecular weight excluding hydrogens is 310 g/mol. The predicted octanol–water partition coefficient (Wildman–Crippen LogP) is 4.34. The summed E-state index contributed by atoms with van der Waals surface area (Å²) in [6, 6.07) is 6.51. The number of para-hydroxylation sites is 1. The average molecular weight is 334 g/mol. The van der Waals surface area contributed by atoms with Gasteiger partial charge in [-0.3, -0.25) is 0 Å². The lowest BCUT2D eigenvalue weighted by atomic mass is 10.1. The third-order valence-electron chi connectivity index (χ3n) is 4.45. The van der Waals surface area contributed by atoms with E-state index in [0.29, 0.717) is 28.1 Å². The Morgan fingerprint density at radius 3 is 2.71 bits per heavy atom. The van der Waals surface area contributed by atoms with Gasteiger partial charge in [-0.25, -0.2) is 9.37 Å². The van der Waals surface area contributed by atoms with E-state index in [1.54, 1.807) is 12.1 Å². The second kappa shape index (κ2) is 7.43. The molecule has 1 aliphatic rings. The molecule has 0 amide bonds. The molecule has 5 heteroatoms. The molecule has 2 heterocycles. The fourth-order valence-electron chi connectivity index (χ4n) is 3.36. The Kier molecular flexibility index (Phi) is 5.29. The van der Waals surface area contributed by atoms with Gasteiger partial charge >= 0.3 is 0 Å². The summed E-state index contributed by atoms with van der Waals surface area (Å²) in [5, 5.41) is 0.677. The topological polar surface area (TPSA) is 25.4 Å². The molecule has 2 aromatic rings. The zero-order valence-corrected chi connectivity index (χ0v) is 14.3. The number of halogens is 2. The zero-order valence-electron chi connectivity index (χ0n) is 14.3. The van der Waals surface area contributed by atoms with Gasteiger partial charge in [-0.1, -0.05) is 26.0 Å². The van der Waals surface area contributed by atoms with Crippen molar-refractivity contribution in [3.8, 4) is 5.75 Å². The van der Waals surface area contributed by atoms with E-state index < -0.39 is 12.6 Å². The Labute approximate surface area is 141 Å². The first kappa shape index (κ1) is 17.1. The fourth-order valence-corrected chi connectivity index (χ4v) is 3.36. The number of hydrogen-bond acceptors (Lipinski definition) is 3. The van der Waals surface area contributed by atoms with Gasteiger partial charge in [0.25, 0.3) is 0 Å². The maximum absolute atomic E-state index is 13.9. The summed E-state index contributed by atoms with van der Waals surface area (Å²) in [6.07, 6.45) is 1.90. The van der Waals surface area contributed by atoms with Crippen molar-refractivity contribution in [2.24, 2.45) is 5.92 Å². The first-order valence-corrected chi connectivity index (χ1v) is 8.60. The van der Waals surface area contributed by atoms with Crippen LogP contribution in [0, 0.1) is 11.9 Å². The van der Waals surface area contributed by atoms with Crippen LogP contribution in [0.5, 0.6) is 5.75 Å². The lowest BCUT2D eigenvalue weighted by Crippen LogP contribution is -2.39. The average Bonchev–Trinajstić information content (AvgIpc) is 2.55. The van der Waals surface area contributed by atoms with Crippen molar-refractivity contribution in [2.75, 3.05) is 19.6 Å². The minimum atomic E-state index is -0.666. The third kappa shape index (κ3) is 3.83. The van der Waals surface area contributed by atoms with Crippen LogP contribution in [0.2, 0.25) is 0 Å². The number of pyridine rings is 1. The van der Waals surface area contributed by atoms with E-state index in [9.17, 15) is 8.78 Å². The maximum atomic E-state index is 13.9. The second-order valence-electron chi connectivity index (χ2n) is 6.90. The van der Waals surface area contributed by atoms with Crippen LogP contribution in [0.4, 0.5) is 8.78 Å². The molecule has 0 spiro atoms. The molecule has 1 aromatic carbocycles. The van der Waals surface area contributed by atoms with Gasteiger partial charge in [-0.05, 0) is 24.8 Å². The van der Waals surface area contributed by atoms with Crippen LogP contribution in [-0.2, 0) is 6.67 Å². The van der Waals surface area contributed by atoms with Crippen molar-refractivity contribution < 1.29 is 13.5 Å². The van der Waals surface area contributed by atoms with Gasteiger partial charge in [0.1, 0.15) is 18.5 Å². The number of piperidine rings is 1. The van der Waals surface area contributed by atoms with Crippen LogP contribution in [0.15, 0.2) is 24.3 Å². The van der Waals surface area contributed by atoms with Crippen molar-refractivity contribution in [1.82, 2.24) is 9.88 Å².